The second-order valence-corrected chi connectivity index (χ2v) is 7.89. The smallest absolute Gasteiger partial charge is 0.301 e. The van der Waals surface area contributed by atoms with Gasteiger partial charge in [0, 0.05) is 25.1 Å². The van der Waals surface area contributed by atoms with Crippen molar-refractivity contribution in [3.8, 4) is 16.9 Å². The second-order valence-electron chi connectivity index (χ2n) is 5.88. The molecule has 1 heterocycles. The average molecular weight is 342 g/mol. The van der Waals surface area contributed by atoms with Crippen molar-refractivity contribution in [2.45, 2.75) is 11.8 Å². The van der Waals surface area contributed by atoms with E-state index >= 15 is 0 Å². The van der Waals surface area contributed by atoms with Crippen LogP contribution in [0.4, 0.5) is 0 Å². The number of hydrogen-bond donors (Lipinski definition) is 0. The molecule has 0 saturated heterocycles. The third-order valence-electron chi connectivity index (χ3n) is 3.92. The van der Waals surface area contributed by atoms with Crippen molar-refractivity contribution in [2.24, 2.45) is 7.05 Å². The summed E-state index contributed by atoms with van der Waals surface area (Å²) in [5.41, 5.74) is 3.23. The van der Waals surface area contributed by atoms with E-state index in [-0.39, 0.29) is 10.6 Å². The van der Waals surface area contributed by atoms with E-state index in [1.54, 1.807) is 42.1 Å². The van der Waals surface area contributed by atoms with Crippen LogP contribution in [0.2, 0.25) is 0 Å². The van der Waals surface area contributed by atoms with Crippen molar-refractivity contribution in [2.75, 3.05) is 6.26 Å². The van der Waals surface area contributed by atoms with E-state index in [4.69, 9.17) is 0 Å². The lowest BCUT2D eigenvalue weighted by molar-refractivity contribution is 0.602. The number of hydrogen-bond acceptors (Lipinski definition) is 3. The van der Waals surface area contributed by atoms with E-state index in [1.807, 2.05) is 31.2 Å². The first-order chi connectivity index (χ1) is 11.3. The van der Waals surface area contributed by atoms with E-state index in [1.165, 1.54) is 10.8 Å². The van der Waals surface area contributed by atoms with E-state index in [0.717, 1.165) is 16.8 Å². The molecule has 0 radical (unpaired) electrons. The SMILES string of the molecule is Cc1ccc(-n2c(-c3ccc(S(C)(=O)=O)cc3)cn(C)c2=O)cc1. The van der Waals surface area contributed by atoms with Gasteiger partial charge in [0.1, 0.15) is 0 Å². The molecule has 0 amide bonds. The molecule has 0 bridgehead atoms. The Kier molecular flexibility index (Phi) is 3.93. The Labute approximate surface area is 140 Å². The minimum Gasteiger partial charge on any atom is -0.301 e. The second kappa shape index (κ2) is 5.79. The number of imidazole rings is 1. The molecule has 3 aromatic rings. The summed E-state index contributed by atoms with van der Waals surface area (Å²) >= 11 is 0. The van der Waals surface area contributed by atoms with Gasteiger partial charge in [0.2, 0.25) is 0 Å². The Balaban J connectivity index is 2.17. The fourth-order valence-corrected chi connectivity index (χ4v) is 3.21. The molecule has 0 aliphatic carbocycles. The molecule has 0 atom stereocenters. The standard InChI is InChI=1S/C18H18N2O3S/c1-13-4-8-15(9-5-13)20-17(12-19(2)18(20)21)14-6-10-16(11-7-14)24(3,22)23/h4-12H,1-3H3. The molecule has 0 N–H and O–H groups in total. The normalized spacial score (nSPS) is 11.6. The maximum Gasteiger partial charge on any atom is 0.332 e. The van der Waals surface area contributed by atoms with Crippen LogP contribution >= 0.6 is 0 Å². The fraction of sp³-hybridized carbons (Fsp3) is 0.167. The molecule has 5 nitrogen and oxygen atoms in total. The Morgan fingerprint density at radius 2 is 1.50 bits per heavy atom. The zero-order valence-electron chi connectivity index (χ0n) is 13.7. The summed E-state index contributed by atoms with van der Waals surface area (Å²) in [7, 11) is -1.55. The highest BCUT2D eigenvalue weighted by atomic mass is 32.2. The van der Waals surface area contributed by atoms with Crippen LogP contribution in [-0.4, -0.2) is 23.8 Å². The minimum absolute atomic E-state index is 0.152. The Morgan fingerprint density at radius 1 is 0.917 bits per heavy atom. The first kappa shape index (κ1) is 16.3. The number of rotatable bonds is 3. The molecule has 0 aliphatic rings. The zero-order chi connectivity index (χ0) is 17.5. The van der Waals surface area contributed by atoms with E-state index < -0.39 is 9.84 Å². The maximum atomic E-state index is 12.5. The van der Waals surface area contributed by atoms with Gasteiger partial charge in [-0.1, -0.05) is 29.8 Å². The maximum absolute atomic E-state index is 12.5. The average Bonchev–Trinajstić information content (AvgIpc) is 2.83. The molecule has 0 spiro atoms. The highest BCUT2D eigenvalue weighted by molar-refractivity contribution is 7.90. The van der Waals surface area contributed by atoms with E-state index in [2.05, 4.69) is 0 Å². The molecule has 2 aromatic carbocycles. The lowest BCUT2D eigenvalue weighted by Gasteiger charge is -2.08. The molecule has 3 rings (SSSR count). The van der Waals surface area contributed by atoms with Gasteiger partial charge in [-0.2, -0.15) is 0 Å². The molecule has 0 saturated carbocycles. The van der Waals surface area contributed by atoms with Crippen molar-refractivity contribution in [3.63, 3.8) is 0 Å². The topological polar surface area (TPSA) is 61.1 Å². The van der Waals surface area contributed by atoms with Gasteiger partial charge in [0.25, 0.3) is 0 Å². The number of aromatic nitrogens is 2. The summed E-state index contributed by atoms with van der Waals surface area (Å²) < 4.78 is 26.3. The molecule has 124 valence electrons. The molecule has 1 aromatic heterocycles. The van der Waals surface area contributed by atoms with Crippen molar-refractivity contribution in [1.82, 2.24) is 9.13 Å². The summed E-state index contributed by atoms with van der Waals surface area (Å²) in [5.74, 6) is 0. The van der Waals surface area contributed by atoms with Crippen LogP contribution in [0.25, 0.3) is 16.9 Å². The molecule has 0 unspecified atom stereocenters. The number of sulfone groups is 1. The number of nitrogens with zero attached hydrogens (tertiary/aromatic N) is 2. The van der Waals surface area contributed by atoms with Crippen LogP contribution in [0, 0.1) is 6.92 Å². The lowest BCUT2D eigenvalue weighted by atomic mass is 10.1. The van der Waals surface area contributed by atoms with Crippen molar-refractivity contribution in [3.05, 3.63) is 70.8 Å². The predicted molar refractivity (Wildman–Crippen MR) is 94.3 cm³/mol. The van der Waals surface area contributed by atoms with Gasteiger partial charge in [-0.05, 0) is 31.2 Å². The van der Waals surface area contributed by atoms with Crippen LogP contribution in [-0.2, 0) is 16.9 Å². The van der Waals surface area contributed by atoms with Gasteiger partial charge >= 0.3 is 5.69 Å². The molecule has 0 aliphatic heterocycles. The molecule has 24 heavy (non-hydrogen) atoms. The molecular weight excluding hydrogens is 324 g/mol. The van der Waals surface area contributed by atoms with E-state index in [0.29, 0.717) is 5.69 Å². The third-order valence-corrected chi connectivity index (χ3v) is 5.05. The largest absolute Gasteiger partial charge is 0.332 e. The quantitative estimate of drug-likeness (QED) is 0.735. The monoisotopic (exact) mass is 342 g/mol. The van der Waals surface area contributed by atoms with Gasteiger partial charge in [-0.15, -0.1) is 0 Å². The van der Waals surface area contributed by atoms with Gasteiger partial charge < -0.3 is 4.57 Å². The third kappa shape index (κ3) is 2.92. The summed E-state index contributed by atoms with van der Waals surface area (Å²) in [6, 6.07) is 14.2. The van der Waals surface area contributed by atoms with Crippen molar-refractivity contribution < 1.29 is 8.42 Å². The van der Waals surface area contributed by atoms with Crippen LogP contribution in [0.5, 0.6) is 0 Å². The summed E-state index contributed by atoms with van der Waals surface area (Å²) in [6.45, 7) is 1.99. The van der Waals surface area contributed by atoms with Gasteiger partial charge in [-0.25, -0.2) is 13.2 Å². The Bertz CT molecular complexity index is 1040. The van der Waals surface area contributed by atoms with E-state index in [9.17, 15) is 13.2 Å². The first-order valence-corrected chi connectivity index (χ1v) is 9.32. The predicted octanol–water partition coefficient (Wildman–Crippen LogP) is 2.55. The van der Waals surface area contributed by atoms with Crippen LogP contribution in [0.3, 0.4) is 0 Å². The summed E-state index contributed by atoms with van der Waals surface area (Å²) in [6.07, 6.45) is 2.92. The highest BCUT2D eigenvalue weighted by Gasteiger charge is 2.14. The van der Waals surface area contributed by atoms with Crippen molar-refractivity contribution in [1.29, 1.82) is 0 Å². The van der Waals surface area contributed by atoms with Gasteiger partial charge in [0.15, 0.2) is 9.84 Å². The highest BCUT2D eigenvalue weighted by Crippen LogP contribution is 2.23. The van der Waals surface area contributed by atoms with Gasteiger partial charge in [-0.3, -0.25) is 4.57 Å². The summed E-state index contributed by atoms with van der Waals surface area (Å²) in [5, 5.41) is 0. The molecular formula is C18H18N2O3S. The lowest BCUT2D eigenvalue weighted by Crippen LogP contribution is -2.21. The minimum atomic E-state index is -3.25. The van der Waals surface area contributed by atoms with Crippen LogP contribution < -0.4 is 5.69 Å². The fourth-order valence-electron chi connectivity index (χ4n) is 2.58. The van der Waals surface area contributed by atoms with Crippen LogP contribution in [0.1, 0.15) is 5.56 Å². The summed E-state index contributed by atoms with van der Waals surface area (Å²) in [4.78, 5) is 12.8. The van der Waals surface area contributed by atoms with Crippen LogP contribution in [0.15, 0.2) is 64.4 Å². The molecule has 6 heteroatoms. The molecule has 0 fully saturated rings. The Hall–Kier alpha value is -2.60. The Morgan fingerprint density at radius 3 is 2.04 bits per heavy atom. The van der Waals surface area contributed by atoms with Gasteiger partial charge in [0.05, 0.1) is 16.3 Å². The number of benzene rings is 2. The zero-order valence-corrected chi connectivity index (χ0v) is 14.5. The number of aryl methyl sites for hydroxylation is 2. The first-order valence-electron chi connectivity index (χ1n) is 7.43. The van der Waals surface area contributed by atoms with Crippen molar-refractivity contribution >= 4 is 9.84 Å².